The van der Waals surface area contributed by atoms with E-state index in [4.69, 9.17) is 0 Å². The number of amides is 1. The number of carbonyl (C=O) groups is 1. The monoisotopic (exact) mass is 233 g/mol. The second-order valence-corrected chi connectivity index (χ2v) is 4.83. The molecule has 1 saturated carbocycles. The van der Waals surface area contributed by atoms with Crippen LogP contribution in [0.2, 0.25) is 0 Å². The van der Waals surface area contributed by atoms with Gasteiger partial charge in [-0.25, -0.2) is 0 Å². The second kappa shape index (κ2) is 5.21. The molecule has 0 unspecified atom stereocenters. The zero-order chi connectivity index (χ0) is 12.3. The van der Waals surface area contributed by atoms with Gasteiger partial charge in [-0.1, -0.05) is 19.3 Å². The summed E-state index contributed by atoms with van der Waals surface area (Å²) in [6.45, 7) is 1.82. The lowest BCUT2D eigenvalue weighted by molar-refractivity contribution is -0.120. The summed E-state index contributed by atoms with van der Waals surface area (Å²) in [6, 6.07) is 5.16. The molecule has 0 bridgehead atoms. The van der Waals surface area contributed by atoms with E-state index in [1.807, 2.05) is 6.92 Å². The standard InChI is InChI=1S/C14H19NO2/c1-10-9-12(7-8-13(10)16)15-14(17)11-5-3-2-4-6-11/h7-9,11,16H,2-6H2,1H3,(H,15,17). The average Bonchev–Trinajstić information content (AvgIpc) is 2.35. The highest BCUT2D eigenvalue weighted by molar-refractivity contribution is 5.92. The van der Waals surface area contributed by atoms with Crippen LogP contribution in [0.15, 0.2) is 18.2 Å². The predicted octanol–water partition coefficient (Wildman–Crippen LogP) is 3.22. The Labute approximate surface area is 102 Å². The second-order valence-electron chi connectivity index (χ2n) is 4.83. The molecule has 2 rings (SSSR count). The fourth-order valence-electron chi connectivity index (χ4n) is 2.34. The van der Waals surface area contributed by atoms with Crippen molar-refractivity contribution in [3.05, 3.63) is 23.8 Å². The van der Waals surface area contributed by atoms with E-state index < -0.39 is 0 Å². The van der Waals surface area contributed by atoms with E-state index in [2.05, 4.69) is 5.32 Å². The van der Waals surface area contributed by atoms with E-state index >= 15 is 0 Å². The van der Waals surface area contributed by atoms with Gasteiger partial charge in [0.15, 0.2) is 0 Å². The summed E-state index contributed by atoms with van der Waals surface area (Å²) in [5.41, 5.74) is 1.56. The molecule has 1 aromatic carbocycles. The molecule has 1 amide bonds. The van der Waals surface area contributed by atoms with Crippen LogP contribution in [-0.2, 0) is 4.79 Å². The Kier molecular flexibility index (Phi) is 3.67. The Balaban J connectivity index is 1.99. The van der Waals surface area contributed by atoms with Crippen LogP contribution in [0.1, 0.15) is 37.7 Å². The van der Waals surface area contributed by atoms with Gasteiger partial charge in [0.1, 0.15) is 5.75 Å². The third kappa shape index (κ3) is 2.99. The normalized spacial score (nSPS) is 16.8. The molecule has 2 N–H and O–H groups in total. The van der Waals surface area contributed by atoms with Gasteiger partial charge >= 0.3 is 0 Å². The minimum absolute atomic E-state index is 0.120. The van der Waals surface area contributed by atoms with Gasteiger partial charge in [-0.05, 0) is 43.5 Å². The molecule has 1 aromatic rings. The molecule has 1 aliphatic carbocycles. The summed E-state index contributed by atoms with van der Waals surface area (Å²) in [5, 5.41) is 12.3. The Morgan fingerprint density at radius 3 is 2.65 bits per heavy atom. The van der Waals surface area contributed by atoms with E-state index in [9.17, 15) is 9.90 Å². The van der Waals surface area contributed by atoms with Gasteiger partial charge < -0.3 is 10.4 Å². The van der Waals surface area contributed by atoms with Gasteiger partial charge in [0.25, 0.3) is 0 Å². The number of anilines is 1. The van der Waals surface area contributed by atoms with Crippen molar-refractivity contribution < 1.29 is 9.90 Å². The largest absolute Gasteiger partial charge is 0.508 e. The first-order valence-corrected chi connectivity index (χ1v) is 6.27. The minimum Gasteiger partial charge on any atom is -0.508 e. The quantitative estimate of drug-likeness (QED) is 0.770. The zero-order valence-corrected chi connectivity index (χ0v) is 10.2. The number of hydrogen-bond acceptors (Lipinski definition) is 2. The third-order valence-corrected chi connectivity index (χ3v) is 3.44. The van der Waals surface area contributed by atoms with Crippen molar-refractivity contribution in [3.63, 3.8) is 0 Å². The Morgan fingerprint density at radius 1 is 1.29 bits per heavy atom. The van der Waals surface area contributed by atoms with Crippen LogP contribution in [0.25, 0.3) is 0 Å². The first kappa shape index (κ1) is 12.0. The summed E-state index contributed by atoms with van der Waals surface area (Å²) >= 11 is 0. The molecule has 0 spiro atoms. The van der Waals surface area contributed by atoms with Crippen molar-refractivity contribution in [2.45, 2.75) is 39.0 Å². The zero-order valence-electron chi connectivity index (χ0n) is 10.2. The van der Waals surface area contributed by atoms with Crippen molar-refractivity contribution in [3.8, 4) is 5.75 Å². The lowest BCUT2D eigenvalue weighted by Gasteiger charge is -2.20. The highest BCUT2D eigenvalue weighted by Gasteiger charge is 2.20. The maximum Gasteiger partial charge on any atom is 0.227 e. The van der Waals surface area contributed by atoms with Crippen molar-refractivity contribution in [1.29, 1.82) is 0 Å². The Hall–Kier alpha value is -1.51. The molecule has 92 valence electrons. The Morgan fingerprint density at radius 2 is 2.00 bits per heavy atom. The highest BCUT2D eigenvalue weighted by Crippen LogP contribution is 2.26. The van der Waals surface area contributed by atoms with Gasteiger partial charge in [-0.3, -0.25) is 4.79 Å². The van der Waals surface area contributed by atoms with E-state index in [-0.39, 0.29) is 17.6 Å². The highest BCUT2D eigenvalue weighted by atomic mass is 16.3. The number of aryl methyl sites for hydroxylation is 1. The molecule has 17 heavy (non-hydrogen) atoms. The molecule has 0 atom stereocenters. The lowest BCUT2D eigenvalue weighted by Crippen LogP contribution is -2.24. The summed E-state index contributed by atoms with van der Waals surface area (Å²) in [5.74, 6) is 0.549. The van der Waals surface area contributed by atoms with Gasteiger partial charge in [0.2, 0.25) is 5.91 Å². The third-order valence-electron chi connectivity index (χ3n) is 3.44. The van der Waals surface area contributed by atoms with Gasteiger partial charge in [-0.2, -0.15) is 0 Å². The van der Waals surface area contributed by atoms with Crippen molar-refractivity contribution in [1.82, 2.24) is 0 Å². The topological polar surface area (TPSA) is 49.3 Å². The molecule has 3 heteroatoms. The maximum absolute atomic E-state index is 12.0. The van der Waals surface area contributed by atoms with Crippen LogP contribution >= 0.6 is 0 Å². The number of benzene rings is 1. The van der Waals surface area contributed by atoms with E-state index in [0.717, 1.165) is 36.9 Å². The summed E-state index contributed by atoms with van der Waals surface area (Å²) in [6.07, 6.45) is 5.58. The predicted molar refractivity (Wildman–Crippen MR) is 68.0 cm³/mol. The van der Waals surface area contributed by atoms with E-state index in [1.165, 1.54) is 6.42 Å². The van der Waals surface area contributed by atoms with E-state index in [0.29, 0.717) is 0 Å². The molecule has 3 nitrogen and oxygen atoms in total. The van der Waals surface area contributed by atoms with Gasteiger partial charge in [0, 0.05) is 11.6 Å². The van der Waals surface area contributed by atoms with E-state index in [1.54, 1.807) is 18.2 Å². The fourth-order valence-corrected chi connectivity index (χ4v) is 2.34. The maximum atomic E-state index is 12.0. The molecule has 0 heterocycles. The molecule has 0 aliphatic heterocycles. The van der Waals surface area contributed by atoms with Crippen LogP contribution in [0.5, 0.6) is 5.75 Å². The molecule has 0 radical (unpaired) electrons. The molecule has 1 aliphatic rings. The number of aromatic hydroxyl groups is 1. The summed E-state index contributed by atoms with van der Waals surface area (Å²) < 4.78 is 0. The number of rotatable bonds is 2. The first-order chi connectivity index (χ1) is 8.16. The summed E-state index contributed by atoms with van der Waals surface area (Å²) in [4.78, 5) is 12.0. The van der Waals surface area contributed by atoms with Crippen molar-refractivity contribution >= 4 is 11.6 Å². The SMILES string of the molecule is Cc1cc(NC(=O)C2CCCCC2)ccc1O. The minimum atomic E-state index is 0.120. The Bertz CT molecular complexity index is 409. The molecule has 1 fully saturated rings. The number of phenols is 1. The molecule has 0 saturated heterocycles. The smallest absolute Gasteiger partial charge is 0.227 e. The average molecular weight is 233 g/mol. The van der Waals surface area contributed by atoms with Crippen LogP contribution < -0.4 is 5.32 Å². The molecular formula is C14H19NO2. The van der Waals surface area contributed by atoms with Crippen LogP contribution in [-0.4, -0.2) is 11.0 Å². The fraction of sp³-hybridized carbons (Fsp3) is 0.500. The van der Waals surface area contributed by atoms with Crippen LogP contribution in [0.3, 0.4) is 0 Å². The van der Waals surface area contributed by atoms with Gasteiger partial charge in [-0.15, -0.1) is 0 Å². The number of carbonyl (C=O) groups excluding carboxylic acids is 1. The first-order valence-electron chi connectivity index (χ1n) is 6.27. The van der Waals surface area contributed by atoms with Gasteiger partial charge in [0.05, 0.1) is 0 Å². The molecule has 0 aromatic heterocycles. The lowest BCUT2D eigenvalue weighted by atomic mass is 9.88. The number of nitrogens with one attached hydrogen (secondary N) is 1. The van der Waals surface area contributed by atoms with Crippen LogP contribution in [0, 0.1) is 12.8 Å². The van der Waals surface area contributed by atoms with Crippen molar-refractivity contribution in [2.24, 2.45) is 5.92 Å². The molecular weight excluding hydrogens is 214 g/mol. The number of phenolic OH excluding ortho intramolecular Hbond substituents is 1. The van der Waals surface area contributed by atoms with Crippen molar-refractivity contribution in [2.75, 3.05) is 5.32 Å². The number of hydrogen-bond donors (Lipinski definition) is 2. The van der Waals surface area contributed by atoms with Crippen LogP contribution in [0.4, 0.5) is 5.69 Å². The summed E-state index contributed by atoms with van der Waals surface area (Å²) in [7, 11) is 0.